The van der Waals surface area contributed by atoms with Crippen molar-refractivity contribution in [3.63, 3.8) is 0 Å². The Bertz CT molecular complexity index is 343. The second-order valence-electron chi connectivity index (χ2n) is 2.72. The third-order valence-electron chi connectivity index (χ3n) is 1.64. The van der Waals surface area contributed by atoms with Crippen molar-refractivity contribution in [1.29, 1.82) is 0 Å². The summed E-state index contributed by atoms with van der Waals surface area (Å²) in [4.78, 5) is 10.5. The summed E-state index contributed by atoms with van der Waals surface area (Å²) in [5.41, 5.74) is 0.838. The topological polar surface area (TPSA) is 35.5 Å². The molecule has 0 unspecified atom stereocenters. The van der Waals surface area contributed by atoms with Crippen LogP contribution in [0.3, 0.4) is 0 Å². The van der Waals surface area contributed by atoms with Crippen molar-refractivity contribution >= 4 is 12.2 Å². The SMILES string of the molecule is COC(=O)OC/C=C/c1ccc(F)cc1. The number of rotatable bonds is 3. The lowest BCUT2D eigenvalue weighted by molar-refractivity contribution is 0.0819. The van der Waals surface area contributed by atoms with Crippen LogP contribution in [0.25, 0.3) is 6.08 Å². The molecular formula is C11H11FO3. The molecular weight excluding hydrogens is 199 g/mol. The third-order valence-corrected chi connectivity index (χ3v) is 1.64. The van der Waals surface area contributed by atoms with Crippen LogP contribution in [0.15, 0.2) is 30.3 Å². The molecule has 0 bridgehead atoms. The van der Waals surface area contributed by atoms with E-state index in [9.17, 15) is 9.18 Å². The Labute approximate surface area is 87.1 Å². The van der Waals surface area contributed by atoms with Crippen LogP contribution in [0.4, 0.5) is 9.18 Å². The zero-order chi connectivity index (χ0) is 11.1. The summed E-state index contributed by atoms with van der Waals surface area (Å²) in [6, 6.07) is 5.98. The average molecular weight is 210 g/mol. The summed E-state index contributed by atoms with van der Waals surface area (Å²) in [5.74, 6) is -0.280. The van der Waals surface area contributed by atoms with Crippen LogP contribution in [0.1, 0.15) is 5.56 Å². The van der Waals surface area contributed by atoms with Crippen LogP contribution in [0.2, 0.25) is 0 Å². The van der Waals surface area contributed by atoms with Crippen LogP contribution in [-0.4, -0.2) is 19.9 Å². The Morgan fingerprint density at radius 1 is 1.40 bits per heavy atom. The summed E-state index contributed by atoms with van der Waals surface area (Å²) in [6.45, 7) is 0.129. The standard InChI is InChI=1S/C11H11FO3/c1-14-11(13)15-8-2-3-9-4-6-10(12)7-5-9/h2-7H,8H2,1H3/b3-2+. The monoisotopic (exact) mass is 210 g/mol. The summed E-state index contributed by atoms with van der Waals surface area (Å²) < 4.78 is 21.4. The predicted octanol–water partition coefficient (Wildman–Crippen LogP) is 2.62. The summed E-state index contributed by atoms with van der Waals surface area (Å²) in [7, 11) is 1.24. The van der Waals surface area contributed by atoms with Gasteiger partial charge in [0.25, 0.3) is 0 Å². The lowest BCUT2D eigenvalue weighted by Gasteiger charge is -1.97. The first kappa shape index (κ1) is 11.2. The molecule has 4 heteroatoms. The molecule has 3 nitrogen and oxygen atoms in total. The number of ether oxygens (including phenoxy) is 2. The van der Waals surface area contributed by atoms with Crippen molar-refractivity contribution in [2.75, 3.05) is 13.7 Å². The molecule has 0 aromatic heterocycles. The van der Waals surface area contributed by atoms with Gasteiger partial charge in [0.15, 0.2) is 0 Å². The van der Waals surface area contributed by atoms with Crippen LogP contribution in [0, 0.1) is 5.82 Å². The molecule has 1 aromatic rings. The molecule has 0 spiro atoms. The normalized spacial score (nSPS) is 10.3. The smallest absolute Gasteiger partial charge is 0.438 e. The van der Waals surface area contributed by atoms with Gasteiger partial charge >= 0.3 is 6.16 Å². The summed E-state index contributed by atoms with van der Waals surface area (Å²) in [5, 5.41) is 0. The van der Waals surface area contributed by atoms with Crippen LogP contribution >= 0.6 is 0 Å². The van der Waals surface area contributed by atoms with Crippen molar-refractivity contribution in [1.82, 2.24) is 0 Å². The van der Waals surface area contributed by atoms with Gasteiger partial charge in [-0.05, 0) is 23.8 Å². The molecule has 1 rings (SSSR count). The lowest BCUT2D eigenvalue weighted by atomic mass is 10.2. The van der Waals surface area contributed by atoms with Crippen molar-refractivity contribution in [3.8, 4) is 0 Å². The highest BCUT2D eigenvalue weighted by molar-refractivity contribution is 5.60. The minimum absolute atomic E-state index is 0.129. The van der Waals surface area contributed by atoms with Gasteiger partial charge in [-0.15, -0.1) is 0 Å². The molecule has 1 aromatic carbocycles. The van der Waals surface area contributed by atoms with E-state index in [1.165, 1.54) is 19.2 Å². The molecule has 0 aliphatic heterocycles. The Hall–Kier alpha value is -1.84. The zero-order valence-corrected chi connectivity index (χ0v) is 8.27. The van der Waals surface area contributed by atoms with Crippen LogP contribution < -0.4 is 0 Å². The first-order valence-electron chi connectivity index (χ1n) is 4.35. The number of carbonyl (C=O) groups is 1. The molecule has 0 atom stereocenters. The third kappa shape index (κ3) is 4.26. The number of halogens is 1. The van der Waals surface area contributed by atoms with E-state index in [0.29, 0.717) is 0 Å². The molecule has 80 valence electrons. The highest BCUT2D eigenvalue weighted by Crippen LogP contribution is 2.04. The first-order chi connectivity index (χ1) is 7.22. The fourth-order valence-corrected chi connectivity index (χ4v) is 0.933. The van der Waals surface area contributed by atoms with E-state index in [1.807, 2.05) is 0 Å². The quantitative estimate of drug-likeness (QED) is 0.719. The van der Waals surface area contributed by atoms with Gasteiger partial charge in [-0.25, -0.2) is 9.18 Å². The summed E-state index contributed by atoms with van der Waals surface area (Å²) in [6.07, 6.45) is 2.64. The highest BCUT2D eigenvalue weighted by atomic mass is 19.1. The molecule has 0 fully saturated rings. The largest absolute Gasteiger partial charge is 0.508 e. The van der Waals surface area contributed by atoms with Gasteiger partial charge in [-0.2, -0.15) is 0 Å². The van der Waals surface area contributed by atoms with Crippen LogP contribution in [-0.2, 0) is 9.47 Å². The lowest BCUT2D eigenvalue weighted by Crippen LogP contribution is -2.03. The van der Waals surface area contributed by atoms with Gasteiger partial charge in [0.2, 0.25) is 0 Å². The highest BCUT2D eigenvalue weighted by Gasteiger charge is 1.95. The van der Waals surface area contributed by atoms with E-state index in [0.717, 1.165) is 5.56 Å². The Balaban J connectivity index is 2.38. The molecule has 0 aliphatic carbocycles. The van der Waals surface area contributed by atoms with Crippen LogP contribution in [0.5, 0.6) is 0 Å². The molecule has 0 heterocycles. The second kappa shape index (κ2) is 5.80. The van der Waals surface area contributed by atoms with Gasteiger partial charge in [-0.1, -0.05) is 18.2 Å². The number of carbonyl (C=O) groups excluding carboxylic acids is 1. The van der Waals surface area contributed by atoms with Crippen molar-refractivity contribution in [2.24, 2.45) is 0 Å². The average Bonchev–Trinajstić information content (AvgIpc) is 2.26. The number of benzene rings is 1. The molecule has 0 N–H and O–H groups in total. The predicted molar refractivity (Wildman–Crippen MR) is 53.8 cm³/mol. The maximum absolute atomic E-state index is 12.5. The van der Waals surface area contributed by atoms with E-state index < -0.39 is 6.16 Å². The fourth-order valence-electron chi connectivity index (χ4n) is 0.933. The minimum atomic E-state index is -0.723. The summed E-state index contributed by atoms with van der Waals surface area (Å²) >= 11 is 0. The van der Waals surface area contributed by atoms with E-state index in [4.69, 9.17) is 0 Å². The van der Waals surface area contributed by atoms with E-state index in [2.05, 4.69) is 9.47 Å². The maximum Gasteiger partial charge on any atom is 0.508 e. The van der Waals surface area contributed by atoms with Crippen molar-refractivity contribution in [3.05, 3.63) is 41.7 Å². The van der Waals surface area contributed by atoms with Gasteiger partial charge in [0, 0.05) is 0 Å². The fraction of sp³-hybridized carbons (Fsp3) is 0.182. The van der Waals surface area contributed by atoms with Gasteiger partial charge in [-0.3, -0.25) is 0 Å². The molecule has 0 saturated heterocycles. The molecule has 15 heavy (non-hydrogen) atoms. The molecule has 0 saturated carbocycles. The molecule has 0 amide bonds. The number of methoxy groups -OCH3 is 1. The molecule has 0 aliphatic rings. The van der Waals surface area contributed by atoms with E-state index in [-0.39, 0.29) is 12.4 Å². The zero-order valence-electron chi connectivity index (χ0n) is 8.27. The maximum atomic E-state index is 12.5. The van der Waals surface area contributed by atoms with Gasteiger partial charge in [0.05, 0.1) is 7.11 Å². The number of hydrogen-bond donors (Lipinski definition) is 0. The Morgan fingerprint density at radius 2 is 2.07 bits per heavy atom. The van der Waals surface area contributed by atoms with Gasteiger partial charge in [0.1, 0.15) is 12.4 Å². The number of hydrogen-bond acceptors (Lipinski definition) is 3. The Kier molecular flexibility index (Phi) is 4.34. The van der Waals surface area contributed by atoms with Crippen molar-refractivity contribution in [2.45, 2.75) is 0 Å². The van der Waals surface area contributed by atoms with Gasteiger partial charge < -0.3 is 9.47 Å². The minimum Gasteiger partial charge on any atom is -0.438 e. The van der Waals surface area contributed by atoms with Crippen molar-refractivity contribution < 1.29 is 18.7 Å². The second-order valence-corrected chi connectivity index (χ2v) is 2.72. The molecule has 0 radical (unpaired) electrons. The first-order valence-corrected chi connectivity index (χ1v) is 4.35. The Morgan fingerprint density at radius 3 is 2.67 bits per heavy atom. The van der Waals surface area contributed by atoms with E-state index >= 15 is 0 Å². The van der Waals surface area contributed by atoms with E-state index in [1.54, 1.807) is 24.3 Å².